The van der Waals surface area contributed by atoms with E-state index in [2.05, 4.69) is 10.0 Å². The lowest BCUT2D eigenvalue weighted by atomic mass is 10.2. The molecule has 2 heterocycles. The largest absolute Gasteiger partial charge is 0.296 e. The van der Waals surface area contributed by atoms with Crippen LogP contribution < -0.4 is 5.56 Å². The Bertz CT molecular complexity index is 956. The van der Waals surface area contributed by atoms with Crippen molar-refractivity contribution in [2.24, 2.45) is 5.10 Å². The van der Waals surface area contributed by atoms with Crippen molar-refractivity contribution >= 4 is 17.1 Å². The zero-order chi connectivity index (χ0) is 17.1. The number of benzene rings is 2. The molecule has 0 spiro atoms. The average Bonchev–Trinajstić information content (AvgIpc) is 3.15. The number of hydrogen-bond acceptors (Lipinski definition) is 4. The molecule has 0 unspecified atom stereocenters. The molecule has 1 aliphatic heterocycles. The van der Waals surface area contributed by atoms with Gasteiger partial charge in [-0.2, -0.15) is 9.78 Å². The second kappa shape index (κ2) is 6.99. The van der Waals surface area contributed by atoms with Gasteiger partial charge in [-0.3, -0.25) is 9.69 Å². The van der Waals surface area contributed by atoms with Gasteiger partial charge in [0, 0.05) is 0 Å². The Morgan fingerprint density at radius 1 is 1.00 bits per heavy atom. The first-order valence-corrected chi connectivity index (χ1v) is 8.64. The fourth-order valence-electron chi connectivity index (χ4n) is 3.20. The van der Waals surface area contributed by atoms with Crippen molar-refractivity contribution in [3.05, 3.63) is 76.3 Å². The molecule has 0 saturated carbocycles. The summed E-state index contributed by atoms with van der Waals surface area (Å²) in [5, 5.41) is 5.05. The number of rotatable bonds is 4. The third-order valence-electron chi connectivity index (χ3n) is 4.51. The minimum atomic E-state index is -0.119. The first kappa shape index (κ1) is 15.7. The molecule has 1 fully saturated rings. The quantitative estimate of drug-likeness (QED) is 0.690. The highest BCUT2D eigenvalue weighted by Crippen LogP contribution is 2.13. The van der Waals surface area contributed by atoms with Gasteiger partial charge in [-0.1, -0.05) is 42.5 Å². The fraction of sp³-hybridized carbons (Fsp3) is 0.250. The lowest BCUT2D eigenvalue weighted by Crippen LogP contribution is -2.28. The van der Waals surface area contributed by atoms with Crippen molar-refractivity contribution in [3.8, 4) is 0 Å². The lowest BCUT2D eigenvalue weighted by Gasteiger charge is -2.16. The van der Waals surface area contributed by atoms with Crippen LogP contribution in [0.3, 0.4) is 0 Å². The minimum absolute atomic E-state index is 0.119. The molecule has 126 valence electrons. The Hall–Kier alpha value is -2.79. The molecule has 4 rings (SSSR count). The zero-order valence-electron chi connectivity index (χ0n) is 14.0. The molecule has 0 atom stereocenters. The highest BCUT2D eigenvalue weighted by atomic mass is 16.1. The van der Waals surface area contributed by atoms with Gasteiger partial charge in [0.05, 0.1) is 23.7 Å². The van der Waals surface area contributed by atoms with E-state index in [1.54, 1.807) is 12.3 Å². The highest BCUT2D eigenvalue weighted by molar-refractivity contribution is 5.80. The van der Waals surface area contributed by atoms with E-state index in [0.717, 1.165) is 24.2 Å². The van der Waals surface area contributed by atoms with Gasteiger partial charge in [-0.05, 0) is 43.6 Å². The normalized spacial score (nSPS) is 15.4. The summed E-state index contributed by atoms with van der Waals surface area (Å²) in [6, 6.07) is 17.2. The van der Waals surface area contributed by atoms with Crippen LogP contribution in [0.2, 0.25) is 0 Å². The van der Waals surface area contributed by atoms with E-state index >= 15 is 0 Å². The molecule has 3 aromatic rings. The van der Waals surface area contributed by atoms with Crippen LogP contribution in [-0.4, -0.2) is 33.9 Å². The number of nitrogens with zero attached hydrogens (tertiary/aromatic N) is 4. The maximum Gasteiger partial charge on any atom is 0.282 e. The smallest absolute Gasteiger partial charge is 0.282 e. The monoisotopic (exact) mass is 332 g/mol. The molecule has 1 saturated heterocycles. The van der Waals surface area contributed by atoms with Gasteiger partial charge in [-0.15, -0.1) is 0 Å². The van der Waals surface area contributed by atoms with Gasteiger partial charge in [-0.25, -0.2) is 4.98 Å². The summed E-state index contributed by atoms with van der Waals surface area (Å²) in [5.74, 6) is 0.692. The van der Waals surface area contributed by atoms with Crippen LogP contribution in [0.4, 0.5) is 0 Å². The Labute approximate surface area is 146 Å². The summed E-state index contributed by atoms with van der Waals surface area (Å²) >= 11 is 0. The second-order valence-electron chi connectivity index (χ2n) is 6.30. The highest BCUT2D eigenvalue weighted by Gasteiger charge is 2.17. The molecule has 0 aliphatic carbocycles. The molecule has 0 radical (unpaired) electrons. The first-order valence-electron chi connectivity index (χ1n) is 8.64. The summed E-state index contributed by atoms with van der Waals surface area (Å²) < 4.78 is 1.45. The Morgan fingerprint density at radius 3 is 2.52 bits per heavy atom. The maximum absolute atomic E-state index is 12.9. The van der Waals surface area contributed by atoms with Gasteiger partial charge >= 0.3 is 0 Å². The first-order chi connectivity index (χ1) is 12.3. The van der Waals surface area contributed by atoms with E-state index < -0.39 is 0 Å². The topological polar surface area (TPSA) is 50.5 Å². The summed E-state index contributed by atoms with van der Waals surface area (Å²) in [6.07, 6.45) is 4.11. The SMILES string of the molecule is O=c1c2ccccc2nc(CN2CCCC2)n1N=Cc1ccccc1. The van der Waals surface area contributed by atoms with Gasteiger partial charge < -0.3 is 0 Å². The molecule has 1 aliphatic rings. The Morgan fingerprint density at radius 2 is 1.72 bits per heavy atom. The maximum atomic E-state index is 12.9. The lowest BCUT2D eigenvalue weighted by molar-refractivity contribution is 0.316. The Kier molecular flexibility index (Phi) is 4.39. The number of para-hydroxylation sites is 1. The van der Waals surface area contributed by atoms with E-state index in [1.807, 2.05) is 48.5 Å². The van der Waals surface area contributed by atoms with Crippen molar-refractivity contribution in [3.63, 3.8) is 0 Å². The molecule has 5 heteroatoms. The second-order valence-corrected chi connectivity index (χ2v) is 6.30. The molecular formula is C20H20N4O. The van der Waals surface area contributed by atoms with Gasteiger partial charge in [0.15, 0.2) is 0 Å². The molecule has 0 bridgehead atoms. The predicted molar refractivity (Wildman–Crippen MR) is 99.9 cm³/mol. The van der Waals surface area contributed by atoms with E-state index in [9.17, 15) is 4.79 Å². The van der Waals surface area contributed by atoms with Gasteiger partial charge in [0.2, 0.25) is 0 Å². The van der Waals surface area contributed by atoms with Gasteiger partial charge in [0.1, 0.15) is 5.82 Å². The minimum Gasteiger partial charge on any atom is -0.296 e. The Balaban J connectivity index is 1.80. The van der Waals surface area contributed by atoms with Crippen molar-refractivity contribution in [2.75, 3.05) is 13.1 Å². The van der Waals surface area contributed by atoms with E-state index in [-0.39, 0.29) is 5.56 Å². The zero-order valence-corrected chi connectivity index (χ0v) is 14.0. The predicted octanol–water partition coefficient (Wildman–Crippen LogP) is 2.87. The molecule has 0 N–H and O–H groups in total. The third-order valence-corrected chi connectivity index (χ3v) is 4.51. The summed E-state index contributed by atoms with van der Waals surface area (Å²) in [4.78, 5) is 20.0. The van der Waals surface area contributed by atoms with Crippen LogP contribution in [0, 0.1) is 0 Å². The van der Waals surface area contributed by atoms with Gasteiger partial charge in [0.25, 0.3) is 5.56 Å². The van der Waals surface area contributed by atoms with Crippen LogP contribution in [-0.2, 0) is 6.54 Å². The molecule has 1 aromatic heterocycles. The van der Waals surface area contributed by atoms with Crippen molar-refractivity contribution in [1.29, 1.82) is 0 Å². The van der Waals surface area contributed by atoms with Crippen molar-refractivity contribution in [2.45, 2.75) is 19.4 Å². The molecule has 2 aromatic carbocycles. The number of likely N-dealkylation sites (tertiary alicyclic amines) is 1. The third kappa shape index (κ3) is 3.37. The standard InChI is InChI=1S/C20H20N4O/c25-20-17-10-4-5-11-18(17)22-19(15-23-12-6-7-13-23)24(20)21-14-16-8-2-1-3-9-16/h1-5,8-11,14H,6-7,12-13,15H2. The van der Waals surface area contributed by atoms with Crippen molar-refractivity contribution < 1.29 is 0 Å². The summed E-state index contributed by atoms with van der Waals surface area (Å²) in [7, 11) is 0. The molecule has 5 nitrogen and oxygen atoms in total. The van der Waals surface area contributed by atoms with Crippen LogP contribution in [0.15, 0.2) is 64.5 Å². The van der Waals surface area contributed by atoms with E-state index in [1.165, 1.54) is 17.5 Å². The number of aromatic nitrogens is 2. The molecule has 25 heavy (non-hydrogen) atoms. The molecule has 0 amide bonds. The molecular weight excluding hydrogens is 312 g/mol. The van der Waals surface area contributed by atoms with Crippen LogP contribution in [0.25, 0.3) is 10.9 Å². The van der Waals surface area contributed by atoms with Crippen LogP contribution >= 0.6 is 0 Å². The van der Waals surface area contributed by atoms with E-state index in [4.69, 9.17) is 4.98 Å². The van der Waals surface area contributed by atoms with Crippen LogP contribution in [0.5, 0.6) is 0 Å². The van der Waals surface area contributed by atoms with Crippen molar-refractivity contribution in [1.82, 2.24) is 14.6 Å². The number of fused-ring (bicyclic) bond motifs is 1. The average molecular weight is 332 g/mol. The summed E-state index contributed by atoms with van der Waals surface area (Å²) in [5.41, 5.74) is 1.56. The number of hydrogen-bond donors (Lipinski definition) is 0. The van der Waals surface area contributed by atoms with E-state index in [0.29, 0.717) is 17.8 Å². The summed E-state index contributed by atoms with van der Waals surface area (Å²) in [6.45, 7) is 2.74. The van der Waals surface area contributed by atoms with Crippen LogP contribution in [0.1, 0.15) is 24.2 Å². The fourth-order valence-corrected chi connectivity index (χ4v) is 3.20.